The van der Waals surface area contributed by atoms with Crippen LogP contribution in [0.15, 0.2) is 79.1 Å². The van der Waals surface area contributed by atoms with Gasteiger partial charge in [-0.3, -0.25) is 4.79 Å². The topological polar surface area (TPSA) is 91.6 Å². The van der Waals surface area contributed by atoms with Gasteiger partial charge in [0.25, 0.3) is 5.91 Å². The minimum atomic E-state index is -1.70. The van der Waals surface area contributed by atoms with Crippen molar-refractivity contribution in [1.29, 1.82) is 0 Å². The van der Waals surface area contributed by atoms with Crippen molar-refractivity contribution in [1.82, 2.24) is 9.88 Å². The second kappa shape index (κ2) is 8.33. The van der Waals surface area contributed by atoms with Crippen molar-refractivity contribution in [3.05, 3.63) is 90.3 Å². The number of aliphatic hydroxyl groups is 1. The summed E-state index contributed by atoms with van der Waals surface area (Å²) < 4.78 is 1.91. The van der Waals surface area contributed by atoms with E-state index in [-0.39, 0.29) is 6.42 Å². The Balaban J connectivity index is 1.74. The Morgan fingerprint density at radius 2 is 1.56 bits per heavy atom. The molecule has 0 aliphatic rings. The fraction of sp³-hybridized carbons (Fsp3) is 0.143. The van der Waals surface area contributed by atoms with E-state index >= 15 is 0 Å². The Kier molecular flexibility index (Phi) is 5.68. The molecule has 0 bridgehead atoms. The molecule has 0 spiro atoms. The van der Waals surface area contributed by atoms with E-state index in [1.165, 1.54) is 0 Å². The second-order valence-corrected chi connectivity index (χ2v) is 6.19. The number of carbonyl (C=O) groups is 2. The summed E-state index contributed by atoms with van der Waals surface area (Å²) >= 11 is 0. The van der Waals surface area contributed by atoms with Crippen molar-refractivity contribution in [3.8, 4) is 5.69 Å². The SMILES string of the molecule is O=C(N[C@H](Cc1ccccc1)[C@@H](O)C(=O)O)c1ccc(-n2cccc2)cc1. The van der Waals surface area contributed by atoms with Crippen molar-refractivity contribution >= 4 is 11.9 Å². The molecule has 0 radical (unpaired) electrons. The number of rotatable bonds is 7. The minimum absolute atomic E-state index is 0.210. The molecule has 3 aromatic rings. The second-order valence-electron chi connectivity index (χ2n) is 6.19. The summed E-state index contributed by atoms with van der Waals surface area (Å²) in [6.07, 6.45) is 2.30. The number of amides is 1. The Hall–Kier alpha value is -3.38. The molecular formula is C21H20N2O4. The first-order valence-corrected chi connectivity index (χ1v) is 8.53. The van der Waals surface area contributed by atoms with Gasteiger partial charge in [0.05, 0.1) is 6.04 Å². The van der Waals surface area contributed by atoms with Crippen LogP contribution in [0.4, 0.5) is 0 Å². The van der Waals surface area contributed by atoms with E-state index in [4.69, 9.17) is 5.11 Å². The number of hydrogen-bond donors (Lipinski definition) is 3. The molecule has 3 N–H and O–H groups in total. The predicted octanol–water partition coefficient (Wildman–Crippen LogP) is 2.26. The fourth-order valence-corrected chi connectivity index (χ4v) is 2.83. The molecule has 0 fully saturated rings. The Labute approximate surface area is 156 Å². The molecule has 6 nitrogen and oxygen atoms in total. The van der Waals surface area contributed by atoms with Gasteiger partial charge in [-0.2, -0.15) is 0 Å². The van der Waals surface area contributed by atoms with E-state index in [0.717, 1.165) is 11.3 Å². The zero-order valence-electron chi connectivity index (χ0n) is 14.5. The summed E-state index contributed by atoms with van der Waals surface area (Å²) in [6.45, 7) is 0. The number of aliphatic carboxylic acids is 1. The zero-order chi connectivity index (χ0) is 19.2. The molecule has 1 heterocycles. The average Bonchev–Trinajstić information content (AvgIpc) is 3.22. The van der Waals surface area contributed by atoms with Crippen LogP contribution in [-0.2, 0) is 11.2 Å². The van der Waals surface area contributed by atoms with Crippen LogP contribution in [-0.4, -0.2) is 38.8 Å². The molecule has 138 valence electrons. The Bertz CT molecular complexity index is 890. The molecule has 3 rings (SSSR count). The highest BCUT2D eigenvalue weighted by Crippen LogP contribution is 2.12. The molecule has 1 aromatic heterocycles. The third-order valence-corrected chi connectivity index (χ3v) is 4.28. The molecule has 27 heavy (non-hydrogen) atoms. The lowest BCUT2D eigenvalue weighted by molar-refractivity contribution is -0.148. The molecule has 6 heteroatoms. The number of aliphatic hydroxyl groups excluding tert-OH is 1. The molecular weight excluding hydrogens is 344 g/mol. The van der Waals surface area contributed by atoms with Gasteiger partial charge in [0.2, 0.25) is 0 Å². The summed E-state index contributed by atoms with van der Waals surface area (Å²) in [4.78, 5) is 23.8. The number of aromatic nitrogens is 1. The van der Waals surface area contributed by atoms with E-state index < -0.39 is 24.0 Å². The first kappa shape index (κ1) is 18.4. The van der Waals surface area contributed by atoms with Gasteiger partial charge in [0, 0.05) is 23.6 Å². The van der Waals surface area contributed by atoms with E-state index in [0.29, 0.717) is 5.56 Å². The van der Waals surface area contributed by atoms with Crippen LogP contribution in [0.25, 0.3) is 5.69 Å². The van der Waals surface area contributed by atoms with Crippen molar-refractivity contribution in [2.24, 2.45) is 0 Å². The Morgan fingerprint density at radius 3 is 2.15 bits per heavy atom. The molecule has 0 saturated heterocycles. The summed E-state index contributed by atoms with van der Waals surface area (Å²) in [5.74, 6) is -1.81. The lowest BCUT2D eigenvalue weighted by Crippen LogP contribution is -2.48. The summed E-state index contributed by atoms with van der Waals surface area (Å²) in [5.41, 5.74) is 2.12. The standard InChI is InChI=1S/C21H20N2O4/c24-19(21(26)27)18(14-15-6-2-1-3-7-15)22-20(25)16-8-10-17(11-9-16)23-12-4-5-13-23/h1-13,18-19,24H,14H2,(H,22,25)(H,26,27)/t18-,19-/m1/s1. The Morgan fingerprint density at radius 1 is 0.926 bits per heavy atom. The quantitative estimate of drug-likeness (QED) is 0.600. The number of carboxylic acids is 1. The lowest BCUT2D eigenvalue weighted by atomic mass is 10.0. The summed E-state index contributed by atoms with van der Waals surface area (Å²) in [5, 5.41) is 21.8. The van der Waals surface area contributed by atoms with Crippen molar-refractivity contribution in [3.63, 3.8) is 0 Å². The monoisotopic (exact) mass is 364 g/mol. The maximum absolute atomic E-state index is 12.5. The third kappa shape index (κ3) is 4.62. The first-order chi connectivity index (χ1) is 13.0. The van der Waals surface area contributed by atoms with E-state index in [1.807, 2.05) is 59.4 Å². The number of hydrogen-bond acceptors (Lipinski definition) is 3. The third-order valence-electron chi connectivity index (χ3n) is 4.28. The predicted molar refractivity (Wildman–Crippen MR) is 101 cm³/mol. The highest BCUT2D eigenvalue weighted by molar-refractivity contribution is 5.95. The van der Waals surface area contributed by atoms with Gasteiger partial charge in [0.1, 0.15) is 0 Å². The van der Waals surface area contributed by atoms with Crippen molar-refractivity contribution in [2.75, 3.05) is 0 Å². The first-order valence-electron chi connectivity index (χ1n) is 8.53. The highest BCUT2D eigenvalue weighted by atomic mass is 16.4. The number of carbonyl (C=O) groups excluding carboxylic acids is 1. The molecule has 0 aliphatic carbocycles. The highest BCUT2D eigenvalue weighted by Gasteiger charge is 2.27. The van der Waals surface area contributed by atoms with Gasteiger partial charge in [-0.15, -0.1) is 0 Å². The van der Waals surface area contributed by atoms with Crippen LogP contribution >= 0.6 is 0 Å². The van der Waals surface area contributed by atoms with Gasteiger partial charge in [-0.25, -0.2) is 4.79 Å². The van der Waals surface area contributed by atoms with Crippen molar-refractivity contribution in [2.45, 2.75) is 18.6 Å². The number of nitrogens with zero attached hydrogens (tertiary/aromatic N) is 1. The van der Waals surface area contributed by atoms with Crippen LogP contribution in [0.1, 0.15) is 15.9 Å². The number of nitrogens with one attached hydrogen (secondary N) is 1. The lowest BCUT2D eigenvalue weighted by Gasteiger charge is -2.21. The van der Waals surface area contributed by atoms with Crippen LogP contribution in [0.2, 0.25) is 0 Å². The smallest absolute Gasteiger partial charge is 0.334 e. The van der Waals surface area contributed by atoms with E-state index in [2.05, 4.69) is 5.32 Å². The molecule has 0 unspecified atom stereocenters. The largest absolute Gasteiger partial charge is 0.479 e. The molecule has 0 aliphatic heterocycles. The van der Waals surface area contributed by atoms with E-state index in [9.17, 15) is 14.7 Å². The maximum Gasteiger partial charge on any atom is 0.334 e. The van der Waals surface area contributed by atoms with Crippen LogP contribution in [0.3, 0.4) is 0 Å². The number of carboxylic acid groups (broad SMARTS) is 1. The van der Waals surface area contributed by atoms with E-state index in [1.54, 1.807) is 24.3 Å². The maximum atomic E-state index is 12.5. The zero-order valence-corrected chi connectivity index (χ0v) is 14.5. The fourth-order valence-electron chi connectivity index (χ4n) is 2.83. The summed E-state index contributed by atoms with van der Waals surface area (Å²) in [6, 6.07) is 18.9. The van der Waals surface area contributed by atoms with Gasteiger partial charge < -0.3 is 20.1 Å². The summed E-state index contributed by atoms with van der Waals surface area (Å²) in [7, 11) is 0. The van der Waals surface area contributed by atoms with Crippen LogP contribution in [0, 0.1) is 0 Å². The van der Waals surface area contributed by atoms with Crippen LogP contribution < -0.4 is 5.32 Å². The van der Waals surface area contributed by atoms with Gasteiger partial charge >= 0.3 is 5.97 Å². The molecule has 1 amide bonds. The minimum Gasteiger partial charge on any atom is -0.479 e. The number of benzene rings is 2. The van der Waals surface area contributed by atoms with Crippen molar-refractivity contribution < 1.29 is 19.8 Å². The van der Waals surface area contributed by atoms with Gasteiger partial charge in [-0.05, 0) is 48.4 Å². The van der Waals surface area contributed by atoms with Crippen LogP contribution in [0.5, 0.6) is 0 Å². The molecule has 2 aromatic carbocycles. The van der Waals surface area contributed by atoms with Gasteiger partial charge in [0.15, 0.2) is 6.10 Å². The molecule has 2 atom stereocenters. The molecule has 0 saturated carbocycles. The normalized spacial score (nSPS) is 12.9. The average molecular weight is 364 g/mol. The van der Waals surface area contributed by atoms with Gasteiger partial charge in [-0.1, -0.05) is 30.3 Å².